The van der Waals surface area contributed by atoms with E-state index in [9.17, 15) is 8.78 Å². The highest BCUT2D eigenvalue weighted by molar-refractivity contribution is 6.22. The van der Waals surface area contributed by atoms with Crippen LogP contribution < -0.4 is 9.47 Å². The van der Waals surface area contributed by atoms with Crippen molar-refractivity contribution >= 4 is 11.6 Å². The number of nitriles is 1. The molecule has 0 spiro atoms. The average molecular weight is 248 g/mol. The number of hydrogen-bond acceptors (Lipinski definition) is 3. The van der Waals surface area contributed by atoms with Crippen LogP contribution in [0.25, 0.3) is 0 Å². The Morgan fingerprint density at radius 2 is 2.06 bits per heavy atom. The largest absolute Gasteiger partial charge is 0.493 e. The molecule has 0 amide bonds. The third kappa shape index (κ3) is 2.97. The molecule has 1 aromatic rings. The summed E-state index contributed by atoms with van der Waals surface area (Å²) in [7, 11) is 1.33. The monoisotopic (exact) mass is 247 g/mol. The van der Waals surface area contributed by atoms with Gasteiger partial charge in [0.05, 0.1) is 13.2 Å². The van der Waals surface area contributed by atoms with E-state index in [-0.39, 0.29) is 11.5 Å². The van der Waals surface area contributed by atoms with E-state index in [2.05, 4.69) is 4.74 Å². The van der Waals surface area contributed by atoms with Crippen LogP contribution in [0.5, 0.6) is 11.5 Å². The van der Waals surface area contributed by atoms with Crippen LogP contribution in [-0.4, -0.2) is 13.7 Å². The first kappa shape index (κ1) is 12.5. The van der Waals surface area contributed by atoms with Crippen molar-refractivity contribution in [3.05, 3.63) is 23.8 Å². The zero-order chi connectivity index (χ0) is 12.1. The molecule has 0 saturated carbocycles. The molecule has 0 N–H and O–H groups in total. The molecule has 0 bridgehead atoms. The SMILES string of the molecule is COc1ccc(C(Cl)C#N)cc1OC(F)F. The number of benzene rings is 1. The summed E-state index contributed by atoms with van der Waals surface area (Å²) in [6, 6.07) is 5.97. The van der Waals surface area contributed by atoms with Gasteiger partial charge in [-0.1, -0.05) is 6.07 Å². The van der Waals surface area contributed by atoms with E-state index in [1.165, 1.54) is 25.3 Å². The fourth-order valence-corrected chi connectivity index (χ4v) is 1.25. The van der Waals surface area contributed by atoms with Crippen molar-refractivity contribution < 1.29 is 18.3 Å². The minimum atomic E-state index is -2.96. The van der Waals surface area contributed by atoms with E-state index in [0.29, 0.717) is 5.56 Å². The van der Waals surface area contributed by atoms with Crippen LogP contribution in [0, 0.1) is 11.3 Å². The van der Waals surface area contributed by atoms with Gasteiger partial charge in [0.1, 0.15) is 5.38 Å². The van der Waals surface area contributed by atoms with Gasteiger partial charge in [0.15, 0.2) is 11.5 Å². The highest BCUT2D eigenvalue weighted by atomic mass is 35.5. The van der Waals surface area contributed by atoms with Crippen LogP contribution in [-0.2, 0) is 0 Å². The van der Waals surface area contributed by atoms with Crippen molar-refractivity contribution in [2.24, 2.45) is 0 Å². The van der Waals surface area contributed by atoms with Gasteiger partial charge in [0, 0.05) is 0 Å². The van der Waals surface area contributed by atoms with Crippen molar-refractivity contribution in [2.45, 2.75) is 12.0 Å². The minimum absolute atomic E-state index is 0.143. The number of alkyl halides is 3. The van der Waals surface area contributed by atoms with Gasteiger partial charge in [-0.3, -0.25) is 0 Å². The fourth-order valence-electron chi connectivity index (χ4n) is 1.11. The number of nitrogens with zero attached hydrogens (tertiary/aromatic N) is 1. The van der Waals surface area contributed by atoms with Gasteiger partial charge >= 0.3 is 6.61 Å². The number of halogens is 3. The van der Waals surface area contributed by atoms with Gasteiger partial charge in [0.2, 0.25) is 0 Å². The average Bonchev–Trinajstić information content (AvgIpc) is 2.27. The lowest BCUT2D eigenvalue weighted by Gasteiger charge is -2.11. The van der Waals surface area contributed by atoms with E-state index < -0.39 is 12.0 Å². The Morgan fingerprint density at radius 1 is 1.38 bits per heavy atom. The summed E-state index contributed by atoms with van der Waals surface area (Å²) < 4.78 is 33.2. The quantitative estimate of drug-likeness (QED) is 0.768. The molecule has 6 heteroatoms. The van der Waals surface area contributed by atoms with Crippen LogP contribution in [0.3, 0.4) is 0 Å². The second-order valence-electron chi connectivity index (χ2n) is 2.78. The Labute approximate surface area is 96.1 Å². The molecule has 0 aliphatic heterocycles. The number of methoxy groups -OCH3 is 1. The van der Waals surface area contributed by atoms with Crippen LogP contribution in [0.1, 0.15) is 10.9 Å². The fraction of sp³-hybridized carbons (Fsp3) is 0.300. The zero-order valence-corrected chi connectivity index (χ0v) is 9.04. The third-order valence-corrected chi connectivity index (χ3v) is 2.16. The van der Waals surface area contributed by atoms with Crippen LogP contribution in [0.2, 0.25) is 0 Å². The van der Waals surface area contributed by atoms with E-state index in [1.807, 2.05) is 0 Å². The Hall–Kier alpha value is -1.54. The molecule has 0 aliphatic rings. The van der Waals surface area contributed by atoms with E-state index in [0.717, 1.165) is 0 Å². The molecule has 1 rings (SSSR count). The second-order valence-corrected chi connectivity index (χ2v) is 3.22. The summed E-state index contributed by atoms with van der Waals surface area (Å²) >= 11 is 5.65. The molecule has 0 saturated heterocycles. The van der Waals surface area contributed by atoms with Crippen molar-refractivity contribution in [2.75, 3.05) is 7.11 Å². The highest BCUT2D eigenvalue weighted by Gasteiger charge is 2.14. The van der Waals surface area contributed by atoms with E-state index >= 15 is 0 Å². The topological polar surface area (TPSA) is 42.2 Å². The summed E-state index contributed by atoms with van der Waals surface area (Å²) in [4.78, 5) is 0. The maximum Gasteiger partial charge on any atom is 0.387 e. The highest BCUT2D eigenvalue weighted by Crippen LogP contribution is 2.32. The Balaban J connectivity index is 3.06. The van der Waals surface area contributed by atoms with Gasteiger partial charge < -0.3 is 9.47 Å². The van der Waals surface area contributed by atoms with Crippen LogP contribution in [0.15, 0.2) is 18.2 Å². The minimum Gasteiger partial charge on any atom is -0.493 e. The Morgan fingerprint density at radius 3 is 2.56 bits per heavy atom. The summed E-state index contributed by atoms with van der Waals surface area (Å²) in [5.41, 5.74) is 0.376. The van der Waals surface area contributed by atoms with Gasteiger partial charge in [-0.15, -0.1) is 11.6 Å². The molecular weight excluding hydrogens is 240 g/mol. The molecule has 0 heterocycles. The van der Waals surface area contributed by atoms with Gasteiger partial charge in [-0.25, -0.2) is 0 Å². The molecule has 3 nitrogen and oxygen atoms in total. The maximum atomic E-state index is 12.1. The first-order valence-electron chi connectivity index (χ1n) is 4.25. The molecule has 0 radical (unpaired) electrons. The van der Waals surface area contributed by atoms with E-state index in [4.69, 9.17) is 21.6 Å². The first-order valence-corrected chi connectivity index (χ1v) is 4.68. The predicted molar refractivity (Wildman–Crippen MR) is 53.8 cm³/mol. The maximum absolute atomic E-state index is 12.1. The van der Waals surface area contributed by atoms with Gasteiger partial charge in [0.25, 0.3) is 0 Å². The standard InChI is InChI=1S/C10H8ClF2NO2/c1-15-8-3-2-6(7(11)5-14)4-9(8)16-10(12)13/h2-4,7,10H,1H3. The first-order chi connectivity index (χ1) is 7.58. The predicted octanol–water partition coefficient (Wildman–Crippen LogP) is 3.10. The smallest absolute Gasteiger partial charge is 0.387 e. The summed E-state index contributed by atoms with van der Waals surface area (Å²) in [6.07, 6.45) is 0. The zero-order valence-electron chi connectivity index (χ0n) is 8.28. The van der Waals surface area contributed by atoms with Gasteiger partial charge in [-0.05, 0) is 17.7 Å². The van der Waals surface area contributed by atoms with Crippen molar-refractivity contribution in [1.29, 1.82) is 5.26 Å². The number of ether oxygens (including phenoxy) is 2. The molecule has 0 aromatic heterocycles. The Kier molecular flexibility index (Phi) is 4.32. The summed E-state index contributed by atoms with van der Waals surface area (Å²) in [5.74, 6) is 0.0155. The number of rotatable bonds is 4. The summed E-state index contributed by atoms with van der Waals surface area (Å²) in [6.45, 7) is -2.96. The molecular formula is C10H8ClF2NO2. The Bertz CT molecular complexity index is 406. The molecule has 1 aromatic carbocycles. The second kappa shape index (κ2) is 5.52. The summed E-state index contributed by atoms with van der Waals surface area (Å²) in [5, 5.41) is 7.67. The lowest BCUT2D eigenvalue weighted by Crippen LogP contribution is -2.04. The molecule has 1 unspecified atom stereocenters. The lowest BCUT2D eigenvalue weighted by atomic mass is 10.1. The van der Waals surface area contributed by atoms with Crippen molar-refractivity contribution in [1.82, 2.24) is 0 Å². The number of hydrogen-bond donors (Lipinski definition) is 0. The van der Waals surface area contributed by atoms with Gasteiger partial charge in [-0.2, -0.15) is 14.0 Å². The molecule has 16 heavy (non-hydrogen) atoms. The molecule has 1 atom stereocenters. The molecule has 86 valence electrons. The molecule has 0 fully saturated rings. The van der Waals surface area contributed by atoms with Crippen LogP contribution in [0.4, 0.5) is 8.78 Å². The third-order valence-electron chi connectivity index (χ3n) is 1.81. The van der Waals surface area contributed by atoms with Crippen LogP contribution >= 0.6 is 11.6 Å². The molecule has 0 aliphatic carbocycles. The normalized spacial score (nSPS) is 12.0. The lowest BCUT2D eigenvalue weighted by molar-refractivity contribution is -0.0512. The van der Waals surface area contributed by atoms with Crippen molar-refractivity contribution in [3.63, 3.8) is 0 Å². The van der Waals surface area contributed by atoms with E-state index in [1.54, 1.807) is 6.07 Å². The van der Waals surface area contributed by atoms with Crippen molar-refractivity contribution in [3.8, 4) is 17.6 Å².